The second-order valence-corrected chi connectivity index (χ2v) is 20.8. The molecule has 4 aromatic carbocycles. The molecule has 3 aliphatic rings. The van der Waals surface area contributed by atoms with Gasteiger partial charge in [0, 0.05) is 0 Å². The van der Waals surface area contributed by atoms with E-state index in [1.807, 2.05) is 0 Å². The molecule has 1 saturated heterocycles. The van der Waals surface area contributed by atoms with Gasteiger partial charge in [0.1, 0.15) is 0 Å². The molecule has 2 nitrogen and oxygen atoms in total. The van der Waals surface area contributed by atoms with Gasteiger partial charge < -0.3 is 24.8 Å². The van der Waals surface area contributed by atoms with Crippen LogP contribution >= 0.6 is 0 Å². The van der Waals surface area contributed by atoms with Gasteiger partial charge in [-0.3, -0.25) is 0 Å². The largest absolute Gasteiger partial charge is 1.00 e. The van der Waals surface area contributed by atoms with Crippen molar-refractivity contribution >= 4 is 12.2 Å². The summed E-state index contributed by atoms with van der Waals surface area (Å²) in [5.74, 6) is 2.86. The molecular formula is C41H44Cl2O2Ti. The average molecular weight is 688 g/mol. The Labute approximate surface area is 291 Å². The van der Waals surface area contributed by atoms with Crippen LogP contribution < -0.4 is 34.3 Å². The molecule has 0 N–H and O–H groups in total. The molecule has 0 radical (unpaired) electrons. The Morgan fingerprint density at radius 1 is 0.565 bits per heavy atom. The van der Waals surface area contributed by atoms with Crippen LogP contribution in [0.2, 0.25) is 9.45 Å². The molecule has 1 fully saturated rings. The fraction of sp³-hybridized carbons (Fsp3) is 0.317. The zero-order chi connectivity index (χ0) is 30.6. The Balaban J connectivity index is 0.00000208. The predicted molar refractivity (Wildman–Crippen MR) is 182 cm³/mol. The van der Waals surface area contributed by atoms with E-state index in [1.165, 1.54) is 49.3 Å². The van der Waals surface area contributed by atoms with Gasteiger partial charge in [-0.15, -0.1) is 0 Å². The van der Waals surface area contributed by atoms with Crippen molar-refractivity contribution in [2.75, 3.05) is 14.2 Å². The minimum absolute atomic E-state index is 0. The van der Waals surface area contributed by atoms with Crippen LogP contribution in [0.4, 0.5) is 0 Å². The molecule has 0 aromatic heterocycles. The van der Waals surface area contributed by atoms with E-state index in [4.69, 9.17) is 9.47 Å². The summed E-state index contributed by atoms with van der Waals surface area (Å²) in [4.78, 5) is 0. The molecule has 238 valence electrons. The first-order valence-electron chi connectivity index (χ1n) is 16.3. The van der Waals surface area contributed by atoms with Crippen molar-refractivity contribution in [2.24, 2.45) is 11.8 Å². The van der Waals surface area contributed by atoms with Crippen molar-refractivity contribution in [2.45, 2.75) is 52.0 Å². The molecule has 7 rings (SSSR count). The van der Waals surface area contributed by atoms with Crippen LogP contribution in [-0.4, -0.2) is 14.2 Å². The molecule has 1 heterocycles. The number of hydrogen-bond donors (Lipinski definition) is 0. The summed E-state index contributed by atoms with van der Waals surface area (Å²) in [6, 6.07) is 31.5. The summed E-state index contributed by atoms with van der Waals surface area (Å²) in [5, 5.41) is 0. The van der Waals surface area contributed by atoms with Gasteiger partial charge >= 0.3 is 268 Å². The van der Waals surface area contributed by atoms with Crippen molar-refractivity contribution in [3.05, 3.63) is 118 Å². The molecule has 2 aliphatic carbocycles. The van der Waals surface area contributed by atoms with Crippen LogP contribution in [0.5, 0.6) is 11.5 Å². The predicted octanol–water partition coefficient (Wildman–Crippen LogP) is 5.33. The summed E-state index contributed by atoms with van der Waals surface area (Å²) < 4.78 is 15.0. The molecule has 2 unspecified atom stereocenters. The quantitative estimate of drug-likeness (QED) is 0.234. The zero-order valence-corrected chi connectivity index (χ0v) is 30.8. The molecule has 4 aromatic rings. The third-order valence-electron chi connectivity index (χ3n) is 10.8. The van der Waals surface area contributed by atoms with Crippen LogP contribution in [0.1, 0.15) is 64.8 Å². The van der Waals surface area contributed by atoms with Crippen molar-refractivity contribution in [1.29, 1.82) is 0 Å². The molecule has 0 bridgehead atoms. The Bertz CT molecular complexity index is 1640. The number of halogens is 2. The minimum atomic E-state index is -2.60. The van der Waals surface area contributed by atoms with Gasteiger partial charge in [-0.2, -0.15) is 0 Å². The first-order chi connectivity index (χ1) is 21.4. The first kappa shape index (κ1) is 34.6. The van der Waals surface area contributed by atoms with E-state index in [0.717, 1.165) is 11.5 Å². The monoisotopic (exact) mass is 686 g/mol. The number of allylic oxidation sites excluding steroid dienone is 2. The van der Waals surface area contributed by atoms with E-state index in [1.54, 1.807) is 36.5 Å². The maximum Gasteiger partial charge on any atom is -1.00 e. The summed E-state index contributed by atoms with van der Waals surface area (Å²) in [6.07, 6.45) is 6.60. The van der Waals surface area contributed by atoms with Crippen LogP contribution in [0.25, 0.3) is 34.4 Å². The summed E-state index contributed by atoms with van der Waals surface area (Å²) in [5.41, 5.74) is 14.8. The van der Waals surface area contributed by atoms with E-state index in [-0.39, 0.29) is 24.8 Å². The summed E-state index contributed by atoms with van der Waals surface area (Å²) in [7, 11) is 3.48. The van der Waals surface area contributed by atoms with Crippen molar-refractivity contribution < 1.29 is 50.9 Å². The maximum atomic E-state index is 5.48. The third-order valence-corrected chi connectivity index (χ3v) is 20.4. The molecular weight excluding hydrogens is 643 g/mol. The molecule has 1 aliphatic heterocycles. The summed E-state index contributed by atoms with van der Waals surface area (Å²) >= 11 is -2.60. The Morgan fingerprint density at radius 3 is 1.26 bits per heavy atom. The maximum absolute atomic E-state index is 5.48. The zero-order valence-electron chi connectivity index (χ0n) is 27.7. The van der Waals surface area contributed by atoms with E-state index < -0.39 is 16.6 Å². The van der Waals surface area contributed by atoms with Gasteiger partial charge in [-0.25, -0.2) is 0 Å². The average Bonchev–Trinajstić information content (AvgIpc) is 3.61. The third kappa shape index (κ3) is 5.60. The Kier molecular flexibility index (Phi) is 10.4. The molecule has 46 heavy (non-hydrogen) atoms. The molecule has 2 atom stereocenters. The van der Waals surface area contributed by atoms with E-state index in [0.29, 0.717) is 20.3 Å². The van der Waals surface area contributed by atoms with Gasteiger partial charge in [-0.1, -0.05) is 0 Å². The second-order valence-electron chi connectivity index (χ2n) is 13.6. The van der Waals surface area contributed by atoms with Gasteiger partial charge in [0.2, 0.25) is 0 Å². The number of methoxy groups -OCH3 is 2. The van der Waals surface area contributed by atoms with Gasteiger partial charge in [-0.05, 0) is 0 Å². The van der Waals surface area contributed by atoms with Crippen molar-refractivity contribution in [3.63, 3.8) is 0 Å². The fourth-order valence-electron chi connectivity index (χ4n) is 8.51. The number of hydrogen-bond acceptors (Lipinski definition) is 2. The van der Waals surface area contributed by atoms with Crippen molar-refractivity contribution in [1.82, 2.24) is 0 Å². The van der Waals surface area contributed by atoms with Gasteiger partial charge in [0.25, 0.3) is 0 Å². The Morgan fingerprint density at radius 2 is 0.957 bits per heavy atom. The van der Waals surface area contributed by atoms with Crippen LogP contribution in [0, 0.1) is 11.8 Å². The molecule has 5 heteroatoms. The number of fused-ring (bicyclic) bond motifs is 2. The second kappa shape index (κ2) is 13.8. The van der Waals surface area contributed by atoms with E-state index in [2.05, 4.69) is 125 Å². The number of benzene rings is 4. The van der Waals surface area contributed by atoms with Crippen LogP contribution in [0.3, 0.4) is 0 Å². The Hall–Kier alpha value is -2.75. The van der Waals surface area contributed by atoms with Crippen LogP contribution in [-0.2, 0) is 16.6 Å². The standard InChI is InChI=1S/2C19H19O.C3H6.2ClH.Ti/c2*1-13(2)16-11-15-5-4-6-18(19(15)12-16)14-7-9-17(20-3)10-8-14;1-3-2;;;/h2*4-13H,1-3H3;1-3H2;2*1H;/q;;;;;+2/p-2. The fourth-order valence-corrected chi connectivity index (χ4v) is 18.8. The number of rotatable bonds is 8. The SMILES string of the molecule is COc1ccc(-c2cccc3c2C=C(C(C)C)[CH]3[Ti+2]2([CH]3C(C(C)C)=Cc4c(-c5ccc(OC)cc5)cccc43)[CH2]C[CH2]2)cc1.[Cl-].[Cl-]. The van der Waals surface area contributed by atoms with Crippen LogP contribution in [0.15, 0.2) is 96.1 Å². The minimum Gasteiger partial charge on any atom is -1.00 e. The first-order valence-corrected chi connectivity index (χ1v) is 20.3. The number of ether oxygens (including phenoxy) is 2. The van der Waals surface area contributed by atoms with Gasteiger partial charge in [0.05, 0.1) is 0 Å². The molecule has 0 amide bonds. The molecule has 0 spiro atoms. The molecule has 0 saturated carbocycles. The normalized spacial score (nSPS) is 18.2. The summed E-state index contributed by atoms with van der Waals surface area (Å²) in [6.45, 7) is 9.71. The van der Waals surface area contributed by atoms with Gasteiger partial charge in [0.15, 0.2) is 0 Å². The smallest absolute Gasteiger partial charge is 1.00 e. The van der Waals surface area contributed by atoms with E-state index >= 15 is 0 Å². The van der Waals surface area contributed by atoms with Crippen molar-refractivity contribution in [3.8, 4) is 33.8 Å². The topological polar surface area (TPSA) is 18.5 Å². The van der Waals surface area contributed by atoms with E-state index in [9.17, 15) is 0 Å².